The van der Waals surface area contributed by atoms with Crippen molar-refractivity contribution in [3.63, 3.8) is 0 Å². The topological polar surface area (TPSA) is 66.8 Å². The lowest BCUT2D eigenvalue weighted by Crippen LogP contribution is -2.41. The summed E-state index contributed by atoms with van der Waals surface area (Å²) in [7, 11) is 1.55. The van der Waals surface area contributed by atoms with Crippen LogP contribution in [0.5, 0.6) is 0 Å². The molecule has 118 valence electrons. The maximum atomic E-state index is 12.6. The quantitative estimate of drug-likeness (QED) is 0.922. The first-order chi connectivity index (χ1) is 10.5. The van der Waals surface area contributed by atoms with E-state index in [0.29, 0.717) is 18.0 Å². The number of methoxy groups -OCH3 is 1. The Bertz CT molecular complexity index is 606. The summed E-state index contributed by atoms with van der Waals surface area (Å²) in [6, 6.07) is 6.72. The average molecular weight is 324 g/mol. The molecular weight excluding hydrogens is 306 g/mol. The largest absolute Gasteiger partial charge is 0.480 e. The SMILES string of the molecule is COC1CC(C(=O)O)N(C(=O)C2CC2c2cccc(Cl)c2)C1. The van der Waals surface area contributed by atoms with E-state index in [1.807, 2.05) is 18.2 Å². The lowest BCUT2D eigenvalue weighted by Gasteiger charge is -2.21. The normalized spacial score (nSPS) is 30.4. The molecule has 2 fully saturated rings. The number of carbonyl (C=O) groups is 2. The van der Waals surface area contributed by atoms with E-state index in [2.05, 4.69) is 0 Å². The second-order valence-electron chi connectivity index (χ2n) is 5.94. The summed E-state index contributed by atoms with van der Waals surface area (Å²) in [5.74, 6) is -1.05. The molecule has 2 aliphatic rings. The van der Waals surface area contributed by atoms with E-state index < -0.39 is 12.0 Å². The minimum atomic E-state index is -0.965. The molecule has 0 spiro atoms. The van der Waals surface area contributed by atoms with E-state index >= 15 is 0 Å². The van der Waals surface area contributed by atoms with Crippen molar-refractivity contribution in [3.8, 4) is 0 Å². The maximum absolute atomic E-state index is 12.6. The van der Waals surface area contributed by atoms with Gasteiger partial charge in [-0.2, -0.15) is 0 Å². The van der Waals surface area contributed by atoms with Gasteiger partial charge in [0.15, 0.2) is 0 Å². The molecule has 1 N–H and O–H groups in total. The molecule has 1 heterocycles. The van der Waals surface area contributed by atoms with E-state index in [1.165, 1.54) is 4.90 Å². The van der Waals surface area contributed by atoms with E-state index in [0.717, 1.165) is 12.0 Å². The minimum absolute atomic E-state index is 0.0862. The van der Waals surface area contributed by atoms with Crippen LogP contribution in [0.2, 0.25) is 5.02 Å². The van der Waals surface area contributed by atoms with Gasteiger partial charge in [-0.1, -0.05) is 23.7 Å². The zero-order chi connectivity index (χ0) is 15.9. The van der Waals surface area contributed by atoms with Crippen LogP contribution in [-0.2, 0) is 14.3 Å². The molecule has 5 nitrogen and oxygen atoms in total. The predicted molar refractivity (Wildman–Crippen MR) is 80.9 cm³/mol. The number of carboxylic acid groups (broad SMARTS) is 1. The van der Waals surface area contributed by atoms with E-state index in [9.17, 15) is 14.7 Å². The van der Waals surface area contributed by atoms with Gasteiger partial charge in [-0.05, 0) is 30.0 Å². The molecule has 1 amide bonds. The van der Waals surface area contributed by atoms with Crippen molar-refractivity contribution in [3.05, 3.63) is 34.9 Å². The van der Waals surface area contributed by atoms with Gasteiger partial charge in [-0.15, -0.1) is 0 Å². The van der Waals surface area contributed by atoms with Crippen molar-refractivity contribution in [1.82, 2.24) is 4.90 Å². The Labute approximate surface area is 133 Å². The average Bonchev–Trinajstić information content (AvgIpc) is 3.17. The second-order valence-corrected chi connectivity index (χ2v) is 6.38. The summed E-state index contributed by atoms with van der Waals surface area (Å²) < 4.78 is 5.22. The molecule has 0 radical (unpaired) electrons. The standard InChI is InChI=1S/C16H18ClNO4/c1-22-11-6-14(16(20)21)18(8-11)15(19)13-7-12(13)9-3-2-4-10(17)5-9/h2-5,11-14H,6-8H2,1H3,(H,20,21). The Kier molecular flexibility index (Phi) is 4.10. The number of hydrogen-bond acceptors (Lipinski definition) is 3. The molecule has 4 atom stereocenters. The predicted octanol–water partition coefficient (Wildman–Crippen LogP) is 2.14. The zero-order valence-electron chi connectivity index (χ0n) is 12.2. The lowest BCUT2D eigenvalue weighted by atomic mass is 10.1. The summed E-state index contributed by atoms with van der Waals surface area (Å²) >= 11 is 5.98. The number of amides is 1. The molecule has 0 bridgehead atoms. The number of halogens is 1. The number of aliphatic carboxylic acids is 1. The number of benzene rings is 1. The smallest absolute Gasteiger partial charge is 0.326 e. The molecule has 4 unspecified atom stereocenters. The van der Waals surface area contributed by atoms with Crippen LogP contribution in [0.3, 0.4) is 0 Å². The number of hydrogen-bond donors (Lipinski definition) is 1. The Balaban J connectivity index is 1.71. The van der Waals surface area contributed by atoms with Crippen molar-refractivity contribution in [2.45, 2.75) is 30.9 Å². The number of likely N-dealkylation sites (tertiary alicyclic amines) is 1. The van der Waals surface area contributed by atoms with Crippen LogP contribution in [0.4, 0.5) is 0 Å². The van der Waals surface area contributed by atoms with Crippen LogP contribution >= 0.6 is 11.6 Å². The Morgan fingerprint density at radius 2 is 2.14 bits per heavy atom. The minimum Gasteiger partial charge on any atom is -0.480 e. The summed E-state index contributed by atoms with van der Waals surface area (Å²) in [4.78, 5) is 25.4. The first kappa shape index (κ1) is 15.3. The van der Waals surface area contributed by atoms with Crippen LogP contribution in [0.1, 0.15) is 24.3 Å². The first-order valence-electron chi connectivity index (χ1n) is 7.32. The Hall–Kier alpha value is -1.59. The molecule has 1 aromatic carbocycles. The van der Waals surface area contributed by atoms with Crippen LogP contribution in [-0.4, -0.2) is 47.7 Å². The van der Waals surface area contributed by atoms with Gasteiger partial charge in [0.25, 0.3) is 0 Å². The van der Waals surface area contributed by atoms with Gasteiger partial charge in [-0.3, -0.25) is 4.79 Å². The van der Waals surface area contributed by atoms with E-state index in [4.69, 9.17) is 16.3 Å². The summed E-state index contributed by atoms with van der Waals surface area (Å²) in [5, 5.41) is 9.95. The molecular formula is C16H18ClNO4. The molecule has 3 rings (SSSR count). The number of carbonyl (C=O) groups excluding carboxylic acids is 1. The number of carboxylic acids is 1. The van der Waals surface area contributed by atoms with Crippen molar-refractivity contribution < 1.29 is 19.4 Å². The zero-order valence-corrected chi connectivity index (χ0v) is 13.0. The summed E-state index contributed by atoms with van der Waals surface area (Å²) in [6.07, 6.45) is 0.902. The van der Waals surface area contributed by atoms with Crippen molar-refractivity contribution in [2.24, 2.45) is 5.92 Å². The van der Waals surface area contributed by atoms with Gasteiger partial charge >= 0.3 is 5.97 Å². The Morgan fingerprint density at radius 1 is 1.36 bits per heavy atom. The van der Waals surface area contributed by atoms with Gasteiger partial charge in [0.1, 0.15) is 6.04 Å². The van der Waals surface area contributed by atoms with Gasteiger partial charge in [0, 0.05) is 31.0 Å². The van der Waals surface area contributed by atoms with Crippen LogP contribution < -0.4 is 0 Å². The van der Waals surface area contributed by atoms with Crippen LogP contribution in [0, 0.1) is 5.92 Å². The lowest BCUT2D eigenvalue weighted by molar-refractivity contribution is -0.148. The van der Waals surface area contributed by atoms with E-state index in [-0.39, 0.29) is 23.8 Å². The fourth-order valence-electron chi connectivity index (χ4n) is 3.23. The van der Waals surface area contributed by atoms with E-state index in [1.54, 1.807) is 13.2 Å². The number of nitrogens with zero attached hydrogens (tertiary/aromatic N) is 1. The fourth-order valence-corrected chi connectivity index (χ4v) is 3.43. The van der Waals surface area contributed by atoms with Crippen LogP contribution in [0.25, 0.3) is 0 Å². The first-order valence-corrected chi connectivity index (χ1v) is 7.70. The third kappa shape index (κ3) is 2.83. The highest BCUT2D eigenvalue weighted by Gasteiger charge is 2.50. The Morgan fingerprint density at radius 3 is 2.77 bits per heavy atom. The highest BCUT2D eigenvalue weighted by atomic mass is 35.5. The van der Waals surface area contributed by atoms with Gasteiger partial charge in [-0.25, -0.2) is 4.79 Å². The maximum Gasteiger partial charge on any atom is 0.326 e. The third-order valence-electron chi connectivity index (χ3n) is 4.55. The molecule has 22 heavy (non-hydrogen) atoms. The molecule has 0 aromatic heterocycles. The monoisotopic (exact) mass is 323 g/mol. The van der Waals surface area contributed by atoms with Gasteiger partial charge in [0.2, 0.25) is 5.91 Å². The summed E-state index contributed by atoms with van der Waals surface area (Å²) in [5.41, 5.74) is 1.04. The van der Waals surface area contributed by atoms with Crippen molar-refractivity contribution >= 4 is 23.5 Å². The highest BCUT2D eigenvalue weighted by Crippen LogP contribution is 2.49. The number of ether oxygens (including phenoxy) is 1. The molecule has 1 aromatic rings. The van der Waals surface area contributed by atoms with Crippen molar-refractivity contribution in [2.75, 3.05) is 13.7 Å². The molecule has 1 saturated carbocycles. The number of rotatable bonds is 4. The fraction of sp³-hybridized carbons (Fsp3) is 0.500. The molecule has 6 heteroatoms. The molecule has 1 aliphatic carbocycles. The molecule has 1 aliphatic heterocycles. The van der Waals surface area contributed by atoms with Crippen molar-refractivity contribution in [1.29, 1.82) is 0 Å². The summed E-state index contributed by atoms with van der Waals surface area (Å²) in [6.45, 7) is 0.352. The third-order valence-corrected chi connectivity index (χ3v) is 4.78. The molecule has 1 saturated heterocycles. The highest BCUT2D eigenvalue weighted by molar-refractivity contribution is 6.30. The second kappa shape index (κ2) is 5.89. The van der Waals surface area contributed by atoms with Gasteiger partial charge < -0.3 is 14.7 Å². The van der Waals surface area contributed by atoms with Crippen LogP contribution in [0.15, 0.2) is 24.3 Å². The van der Waals surface area contributed by atoms with Gasteiger partial charge in [0.05, 0.1) is 6.10 Å².